The number of aliphatic hydroxyl groups is 1. The van der Waals surface area contributed by atoms with Crippen molar-refractivity contribution in [3.63, 3.8) is 0 Å². The highest BCUT2D eigenvalue weighted by atomic mass is 16.8. The predicted octanol–water partition coefficient (Wildman–Crippen LogP) is 2.60. The molecule has 0 amide bonds. The maximum atomic E-state index is 12.4. The minimum absolute atomic E-state index is 0.117. The second-order valence-electron chi connectivity index (χ2n) is 7.57. The van der Waals surface area contributed by atoms with E-state index in [0.717, 1.165) is 11.1 Å². The highest BCUT2D eigenvalue weighted by molar-refractivity contribution is 5.84. The third-order valence-corrected chi connectivity index (χ3v) is 5.11. The number of fused-ring (bicyclic) bond motifs is 1. The van der Waals surface area contributed by atoms with Crippen molar-refractivity contribution in [1.29, 1.82) is 0 Å². The highest BCUT2D eigenvalue weighted by Crippen LogP contribution is 2.44. The lowest BCUT2D eigenvalue weighted by molar-refractivity contribution is -0.205. The molecule has 0 bridgehead atoms. The first-order valence-corrected chi connectivity index (χ1v) is 9.37. The molecule has 0 aromatic heterocycles. The van der Waals surface area contributed by atoms with Crippen LogP contribution < -0.4 is 0 Å². The first-order valence-electron chi connectivity index (χ1n) is 9.37. The van der Waals surface area contributed by atoms with E-state index in [1.807, 2.05) is 60.7 Å². The molecular weight excluding hydrogens is 360 g/mol. The summed E-state index contributed by atoms with van der Waals surface area (Å²) in [5.41, 5.74) is 0.498. The number of hydrogen-bond acceptors (Lipinski definition) is 6. The standard InChI is InChI=1S/C22H24O6/c1-21(2)27-19-17(26-20(24)22(19,14-23)28-21)13-25-18(15-9-5-3-6-10-15)16-11-7-4-8-12-16/h3-12,17-19,23H,13-14H2,1-2H3/t17-,19+,22+/m1/s1. The van der Waals surface area contributed by atoms with Gasteiger partial charge in [-0.05, 0) is 25.0 Å². The van der Waals surface area contributed by atoms with Gasteiger partial charge in [-0.1, -0.05) is 60.7 Å². The van der Waals surface area contributed by atoms with E-state index in [4.69, 9.17) is 18.9 Å². The Morgan fingerprint density at radius 3 is 2.14 bits per heavy atom. The molecule has 2 heterocycles. The number of carbonyl (C=O) groups is 1. The second-order valence-corrected chi connectivity index (χ2v) is 7.57. The quantitative estimate of drug-likeness (QED) is 0.772. The zero-order valence-corrected chi connectivity index (χ0v) is 15.9. The third kappa shape index (κ3) is 3.33. The first kappa shape index (κ1) is 19.1. The number of ether oxygens (including phenoxy) is 4. The Labute approximate surface area is 164 Å². The SMILES string of the molecule is CC1(C)O[C@H]2[C@@H](COC(c3ccccc3)c3ccccc3)OC(=O)[C@@]2(CO)O1. The van der Waals surface area contributed by atoms with Crippen LogP contribution in [0, 0.1) is 0 Å². The topological polar surface area (TPSA) is 74.2 Å². The summed E-state index contributed by atoms with van der Waals surface area (Å²) < 4.78 is 23.3. The van der Waals surface area contributed by atoms with Gasteiger partial charge in [0.05, 0.1) is 13.2 Å². The van der Waals surface area contributed by atoms with Gasteiger partial charge in [0.25, 0.3) is 0 Å². The predicted molar refractivity (Wildman–Crippen MR) is 100 cm³/mol. The van der Waals surface area contributed by atoms with Gasteiger partial charge in [0.15, 0.2) is 11.9 Å². The van der Waals surface area contributed by atoms with Crippen molar-refractivity contribution in [2.75, 3.05) is 13.2 Å². The molecule has 2 aliphatic rings. The van der Waals surface area contributed by atoms with Gasteiger partial charge in [0.1, 0.15) is 12.2 Å². The molecule has 1 N–H and O–H groups in total. The van der Waals surface area contributed by atoms with E-state index < -0.39 is 36.2 Å². The van der Waals surface area contributed by atoms with Crippen LogP contribution in [0.2, 0.25) is 0 Å². The summed E-state index contributed by atoms with van der Waals surface area (Å²) in [6.07, 6.45) is -1.72. The molecule has 0 saturated carbocycles. The Morgan fingerprint density at radius 2 is 1.61 bits per heavy atom. The average Bonchev–Trinajstić information content (AvgIpc) is 3.13. The highest BCUT2D eigenvalue weighted by Gasteiger charge is 2.67. The normalized spacial score (nSPS) is 28.4. The fourth-order valence-electron chi connectivity index (χ4n) is 3.89. The van der Waals surface area contributed by atoms with E-state index >= 15 is 0 Å². The number of rotatable bonds is 6. The van der Waals surface area contributed by atoms with Gasteiger partial charge in [-0.2, -0.15) is 0 Å². The van der Waals surface area contributed by atoms with Crippen LogP contribution in [-0.4, -0.2) is 47.9 Å². The van der Waals surface area contributed by atoms with Gasteiger partial charge < -0.3 is 24.1 Å². The van der Waals surface area contributed by atoms with Crippen LogP contribution in [0.4, 0.5) is 0 Å². The Bertz CT molecular complexity index is 782. The molecule has 6 nitrogen and oxygen atoms in total. The lowest BCUT2D eigenvalue weighted by Gasteiger charge is -2.24. The van der Waals surface area contributed by atoms with Gasteiger partial charge in [-0.15, -0.1) is 0 Å². The zero-order chi connectivity index (χ0) is 19.8. The number of carbonyl (C=O) groups excluding carboxylic acids is 1. The summed E-state index contributed by atoms with van der Waals surface area (Å²) in [5.74, 6) is -1.60. The van der Waals surface area contributed by atoms with Crippen LogP contribution in [0.5, 0.6) is 0 Å². The van der Waals surface area contributed by atoms with E-state index in [9.17, 15) is 9.90 Å². The fourth-order valence-corrected chi connectivity index (χ4v) is 3.89. The summed E-state index contributed by atoms with van der Waals surface area (Å²) in [4.78, 5) is 12.4. The molecule has 0 unspecified atom stereocenters. The van der Waals surface area contributed by atoms with E-state index in [2.05, 4.69) is 0 Å². The van der Waals surface area contributed by atoms with Crippen molar-refractivity contribution in [3.05, 3.63) is 71.8 Å². The first-order chi connectivity index (χ1) is 13.5. The lowest BCUT2D eigenvalue weighted by Crippen LogP contribution is -2.48. The molecule has 0 aliphatic carbocycles. The van der Waals surface area contributed by atoms with Gasteiger partial charge in [-0.25, -0.2) is 4.79 Å². The number of cyclic esters (lactones) is 1. The maximum Gasteiger partial charge on any atom is 0.344 e. The molecule has 4 rings (SSSR count). The molecule has 2 aliphatic heterocycles. The average molecular weight is 384 g/mol. The van der Waals surface area contributed by atoms with E-state index in [-0.39, 0.29) is 12.7 Å². The fraction of sp³-hybridized carbons (Fsp3) is 0.409. The summed E-state index contributed by atoms with van der Waals surface area (Å²) in [6.45, 7) is 3.04. The van der Waals surface area contributed by atoms with Crippen molar-refractivity contribution < 1.29 is 28.8 Å². The van der Waals surface area contributed by atoms with Gasteiger partial charge >= 0.3 is 5.97 Å². The monoisotopic (exact) mass is 384 g/mol. The number of esters is 1. The van der Waals surface area contributed by atoms with Crippen LogP contribution in [0.3, 0.4) is 0 Å². The number of hydrogen-bond donors (Lipinski definition) is 1. The number of benzene rings is 2. The summed E-state index contributed by atoms with van der Waals surface area (Å²) >= 11 is 0. The van der Waals surface area contributed by atoms with Crippen LogP contribution >= 0.6 is 0 Å². The molecule has 2 aromatic rings. The van der Waals surface area contributed by atoms with E-state index in [1.165, 1.54) is 0 Å². The molecule has 0 radical (unpaired) electrons. The van der Waals surface area contributed by atoms with Gasteiger partial charge in [0, 0.05) is 0 Å². The van der Waals surface area contributed by atoms with Crippen LogP contribution in [-0.2, 0) is 23.7 Å². The van der Waals surface area contributed by atoms with Crippen LogP contribution in [0.25, 0.3) is 0 Å². The lowest BCUT2D eigenvalue weighted by atomic mass is 9.97. The van der Waals surface area contributed by atoms with Crippen molar-refractivity contribution in [3.8, 4) is 0 Å². The minimum Gasteiger partial charge on any atom is -0.455 e. The molecule has 28 heavy (non-hydrogen) atoms. The molecule has 148 valence electrons. The van der Waals surface area contributed by atoms with Crippen LogP contribution in [0.1, 0.15) is 31.1 Å². The molecule has 2 saturated heterocycles. The summed E-state index contributed by atoms with van der Waals surface area (Å²) in [5, 5.41) is 9.83. The Balaban J connectivity index is 1.56. The molecule has 2 fully saturated rings. The minimum atomic E-state index is -1.49. The Morgan fingerprint density at radius 1 is 1.04 bits per heavy atom. The van der Waals surface area contributed by atoms with Crippen molar-refractivity contribution in [2.45, 2.75) is 43.5 Å². The largest absolute Gasteiger partial charge is 0.455 e. The Hall–Kier alpha value is -2.25. The maximum absolute atomic E-state index is 12.4. The molecule has 0 spiro atoms. The van der Waals surface area contributed by atoms with Crippen molar-refractivity contribution >= 4 is 5.97 Å². The molecule has 3 atom stereocenters. The van der Waals surface area contributed by atoms with E-state index in [1.54, 1.807) is 13.8 Å². The van der Waals surface area contributed by atoms with Crippen molar-refractivity contribution in [1.82, 2.24) is 0 Å². The summed E-state index contributed by atoms with van der Waals surface area (Å²) in [6, 6.07) is 19.7. The van der Waals surface area contributed by atoms with Gasteiger partial charge in [0.2, 0.25) is 5.60 Å². The summed E-state index contributed by atoms with van der Waals surface area (Å²) in [7, 11) is 0. The zero-order valence-electron chi connectivity index (χ0n) is 15.9. The molecular formula is C22H24O6. The number of aliphatic hydroxyl groups excluding tert-OH is 1. The van der Waals surface area contributed by atoms with Crippen LogP contribution in [0.15, 0.2) is 60.7 Å². The molecule has 2 aromatic carbocycles. The smallest absolute Gasteiger partial charge is 0.344 e. The Kier molecular flexibility index (Phi) is 4.97. The second kappa shape index (κ2) is 7.29. The van der Waals surface area contributed by atoms with Crippen molar-refractivity contribution in [2.24, 2.45) is 0 Å². The molecule has 6 heteroatoms. The van der Waals surface area contributed by atoms with E-state index in [0.29, 0.717) is 0 Å². The van der Waals surface area contributed by atoms with Gasteiger partial charge in [-0.3, -0.25) is 0 Å². The third-order valence-electron chi connectivity index (χ3n) is 5.11.